The van der Waals surface area contributed by atoms with E-state index >= 15 is 0 Å². The summed E-state index contributed by atoms with van der Waals surface area (Å²) in [5.74, 6) is 1.95. The topological polar surface area (TPSA) is 85.4 Å². The summed E-state index contributed by atoms with van der Waals surface area (Å²) in [6.07, 6.45) is 0.0590. The zero-order valence-electron chi connectivity index (χ0n) is 16.7. The minimum Gasteiger partial charge on any atom is -0.489 e. The van der Waals surface area contributed by atoms with Gasteiger partial charge in [0.25, 0.3) is 5.91 Å². The lowest BCUT2D eigenvalue weighted by molar-refractivity contribution is -0.118. The van der Waals surface area contributed by atoms with Crippen LogP contribution in [0.25, 0.3) is 0 Å². The molecule has 0 radical (unpaired) electrons. The van der Waals surface area contributed by atoms with Gasteiger partial charge in [-0.3, -0.25) is 4.79 Å². The van der Waals surface area contributed by atoms with E-state index < -0.39 is 0 Å². The van der Waals surface area contributed by atoms with E-state index in [0.717, 1.165) is 17.0 Å². The van der Waals surface area contributed by atoms with E-state index in [1.165, 1.54) is 0 Å². The molecule has 0 fully saturated rings. The first-order valence-electron chi connectivity index (χ1n) is 9.35. The molecule has 0 saturated carbocycles. The van der Waals surface area contributed by atoms with Crippen molar-refractivity contribution in [1.29, 1.82) is 0 Å². The van der Waals surface area contributed by atoms with Crippen LogP contribution in [0, 0.1) is 6.92 Å². The molecule has 0 unspecified atom stereocenters. The molecule has 7 heteroatoms. The molecule has 29 heavy (non-hydrogen) atoms. The number of nitrogens with one attached hydrogen (secondary N) is 2. The van der Waals surface area contributed by atoms with Crippen molar-refractivity contribution >= 4 is 23.2 Å². The second-order valence-corrected chi connectivity index (χ2v) is 6.74. The van der Waals surface area contributed by atoms with Gasteiger partial charge in [0.2, 0.25) is 0 Å². The number of benzene rings is 2. The van der Waals surface area contributed by atoms with Crippen LogP contribution < -0.4 is 20.1 Å². The smallest absolute Gasteiger partial charge is 0.263 e. The molecule has 1 aromatic heterocycles. The van der Waals surface area contributed by atoms with E-state index in [1.807, 2.05) is 69.3 Å². The molecule has 1 heterocycles. The van der Waals surface area contributed by atoms with Crippen LogP contribution >= 0.6 is 0 Å². The molecule has 0 spiro atoms. The van der Waals surface area contributed by atoms with E-state index in [9.17, 15) is 4.79 Å². The Morgan fingerprint density at radius 3 is 2.34 bits per heavy atom. The molecule has 0 aliphatic rings. The number of amides is 1. The van der Waals surface area contributed by atoms with Crippen LogP contribution in [0.4, 0.5) is 17.3 Å². The molecule has 0 aliphatic heterocycles. The van der Waals surface area contributed by atoms with Gasteiger partial charge in [-0.2, -0.15) is 0 Å². The highest BCUT2D eigenvalue weighted by Crippen LogP contribution is 2.27. The fourth-order valence-electron chi connectivity index (χ4n) is 2.49. The summed E-state index contributed by atoms with van der Waals surface area (Å²) in [4.78, 5) is 12.0. The standard InChI is InChI=1S/C22H24N4O3/c1-15(2)29-19-7-5-4-6-18(19)23-20-12-13-21(26-25-20)24-22(27)14-28-17-10-8-16(3)9-11-17/h4-13,15H,14H2,1-3H3,(H,23,25)(H,24,26,27). The third-order valence-corrected chi connectivity index (χ3v) is 3.84. The quantitative estimate of drug-likeness (QED) is 0.593. The monoisotopic (exact) mass is 392 g/mol. The lowest BCUT2D eigenvalue weighted by Gasteiger charge is -2.15. The Kier molecular flexibility index (Phi) is 6.63. The van der Waals surface area contributed by atoms with Gasteiger partial charge in [-0.25, -0.2) is 0 Å². The van der Waals surface area contributed by atoms with Crippen molar-refractivity contribution in [2.45, 2.75) is 26.9 Å². The third kappa shape index (κ3) is 6.21. The summed E-state index contributed by atoms with van der Waals surface area (Å²) < 4.78 is 11.2. The number of ether oxygens (including phenoxy) is 2. The summed E-state index contributed by atoms with van der Waals surface area (Å²) in [6, 6.07) is 18.5. The zero-order valence-corrected chi connectivity index (χ0v) is 16.7. The second-order valence-electron chi connectivity index (χ2n) is 6.74. The molecule has 7 nitrogen and oxygen atoms in total. The van der Waals surface area contributed by atoms with Gasteiger partial charge in [-0.15, -0.1) is 10.2 Å². The van der Waals surface area contributed by atoms with Gasteiger partial charge in [0.05, 0.1) is 11.8 Å². The number of nitrogens with zero attached hydrogens (tertiary/aromatic N) is 2. The maximum Gasteiger partial charge on any atom is 0.263 e. The predicted molar refractivity (Wildman–Crippen MR) is 113 cm³/mol. The van der Waals surface area contributed by atoms with Crippen molar-refractivity contribution in [2.75, 3.05) is 17.2 Å². The number of carbonyl (C=O) groups excluding carboxylic acids is 1. The third-order valence-electron chi connectivity index (χ3n) is 3.84. The summed E-state index contributed by atoms with van der Waals surface area (Å²) >= 11 is 0. The van der Waals surface area contributed by atoms with Crippen LogP contribution in [0.5, 0.6) is 11.5 Å². The molecule has 2 N–H and O–H groups in total. The number of rotatable bonds is 8. The molecule has 0 aliphatic carbocycles. The van der Waals surface area contributed by atoms with Gasteiger partial charge in [-0.05, 0) is 57.2 Å². The fraction of sp³-hybridized carbons (Fsp3) is 0.227. The summed E-state index contributed by atoms with van der Waals surface area (Å²) in [6.45, 7) is 5.82. The van der Waals surface area contributed by atoms with E-state index in [2.05, 4.69) is 20.8 Å². The van der Waals surface area contributed by atoms with Crippen molar-refractivity contribution in [3.63, 3.8) is 0 Å². The van der Waals surface area contributed by atoms with E-state index in [-0.39, 0.29) is 18.6 Å². The Morgan fingerprint density at radius 2 is 1.66 bits per heavy atom. The lowest BCUT2D eigenvalue weighted by atomic mass is 10.2. The Balaban J connectivity index is 1.55. The molecular formula is C22H24N4O3. The molecule has 150 valence electrons. The molecular weight excluding hydrogens is 368 g/mol. The van der Waals surface area contributed by atoms with Crippen molar-refractivity contribution in [2.24, 2.45) is 0 Å². The highest BCUT2D eigenvalue weighted by atomic mass is 16.5. The Labute approximate surface area is 170 Å². The minimum absolute atomic E-state index is 0.0590. The van der Waals surface area contributed by atoms with Crippen molar-refractivity contribution in [3.05, 3.63) is 66.2 Å². The molecule has 3 aromatic rings. The first-order chi connectivity index (χ1) is 14.0. The van der Waals surface area contributed by atoms with Gasteiger partial charge >= 0.3 is 0 Å². The molecule has 1 amide bonds. The lowest BCUT2D eigenvalue weighted by Crippen LogP contribution is -2.21. The maximum absolute atomic E-state index is 12.0. The number of aromatic nitrogens is 2. The van der Waals surface area contributed by atoms with Gasteiger partial charge in [0.1, 0.15) is 11.5 Å². The largest absolute Gasteiger partial charge is 0.489 e. The zero-order chi connectivity index (χ0) is 20.6. The van der Waals surface area contributed by atoms with Crippen LogP contribution in [-0.2, 0) is 4.79 Å². The van der Waals surface area contributed by atoms with E-state index in [1.54, 1.807) is 12.1 Å². The first-order valence-corrected chi connectivity index (χ1v) is 9.35. The Hall–Kier alpha value is -3.61. The molecule has 0 bridgehead atoms. The average molecular weight is 392 g/mol. The Morgan fingerprint density at radius 1 is 0.966 bits per heavy atom. The number of carbonyl (C=O) groups is 1. The number of hydrogen-bond acceptors (Lipinski definition) is 6. The van der Waals surface area contributed by atoms with Crippen LogP contribution in [0.1, 0.15) is 19.4 Å². The number of hydrogen-bond donors (Lipinski definition) is 2. The SMILES string of the molecule is Cc1ccc(OCC(=O)Nc2ccc(Nc3ccccc3OC(C)C)nn2)cc1. The van der Waals surface area contributed by atoms with Gasteiger partial charge < -0.3 is 20.1 Å². The number of anilines is 3. The highest BCUT2D eigenvalue weighted by Gasteiger charge is 2.08. The predicted octanol–water partition coefficient (Wildman–Crippen LogP) is 4.33. The first kappa shape index (κ1) is 20.1. The van der Waals surface area contributed by atoms with Crippen LogP contribution in [-0.4, -0.2) is 28.8 Å². The minimum atomic E-state index is -0.309. The van der Waals surface area contributed by atoms with Crippen molar-refractivity contribution in [1.82, 2.24) is 10.2 Å². The maximum atomic E-state index is 12.0. The normalized spacial score (nSPS) is 10.5. The van der Waals surface area contributed by atoms with E-state index in [4.69, 9.17) is 9.47 Å². The van der Waals surface area contributed by atoms with E-state index in [0.29, 0.717) is 17.4 Å². The average Bonchev–Trinajstić information content (AvgIpc) is 2.70. The van der Waals surface area contributed by atoms with Crippen LogP contribution in [0.15, 0.2) is 60.7 Å². The second kappa shape index (κ2) is 9.54. The molecule has 0 saturated heterocycles. The summed E-state index contributed by atoms with van der Waals surface area (Å²) in [7, 11) is 0. The van der Waals surface area contributed by atoms with Crippen LogP contribution in [0.2, 0.25) is 0 Å². The van der Waals surface area contributed by atoms with Crippen molar-refractivity contribution in [3.8, 4) is 11.5 Å². The molecule has 3 rings (SSSR count). The molecule has 0 atom stereocenters. The van der Waals surface area contributed by atoms with Gasteiger partial charge in [-0.1, -0.05) is 29.8 Å². The molecule has 2 aromatic carbocycles. The van der Waals surface area contributed by atoms with Crippen molar-refractivity contribution < 1.29 is 14.3 Å². The number of aryl methyl sites for hydroxylation is 1. The number of para-hydroxylation sites is 2. The van der Waals surface area contributed by atoms with Gasteiger partial charge in [0.15, 0.2) is 18.2 Å². The summed E-state index contributed by atoms with van der Waals surface area (Å²) in [5.41, 5.74) is 1.92. The van der Waals surface area contributed by atoms with Crippen LogP contribution in [0.3, 0.4) is 0 Å². The highest BCUT2D eigenvalue weighted by molar-refractivity contribution is 5.90. The fourth-order valence-corrected chi connectivity index (χ4v) is 2.49. The van der Waals surface area contributed by atoms with Gasteiger partial charge in [0, 0.05) is 0 Å². The Bertz CT molecular complexity index is 941. The summed E-state index contributed by atoms with van der Waals surface area (Å²) in [5, 5.41) is 14.0.